The number of hydrogen-bond donors (Lipinski definition) is 1. The molecule has 2 aromatic carbocycles. The second-order valence-corrected chi connectivity index (χ2v) is 5.16. The third kappa shape index (κ3) is 3.48. The van der Waals surface area contributed by atoms with Crippen LogP contribution in [0.3, 0.4) is 0 Å². The maximum Gasteiger partial charge on any atom is 0.197 e. The summed E-state index contributed by atoms with van der Waals surface area (Å²) in [6.45, 7) is 1.61. The van der Waals surface area contributed by atoms with Crippen molar-refractivity contribution < 1.29 is 15.0 Å². The van der Waals surface area contributed by atoms with Gasteiger partial charge in [0.2, 0.25) is 0 Å². The molecule has 0 bridgehead atoms. The molecule has 0 fully saturated rings. The van der Waals surface area contributed by atoms with Crippen LogP contribution >= 0.6 is 0 Å². The second-order valence-electron chi connectivity index (χ2n) is 5.16. The molecule has 6 nitrogen and oxygen atoms in total. The number of nitrogens with zero attached hydrogens (tertiary/aromatic N) is 3. The van der Waals surface area contributed by atoms with Crippen molar-refractivity contribution in [1.29, 1.82) is 0 Å². The molecule has 0 aliphatic heterocycles. The van der Waals surface area contributed by atoms with Gasteiger partial charge in [0.15, 0.2) is 12.2 Å². The molecule has 1 aromatic heterocycles. The van der Waals surface area contributed by atoms with Gasteiger partial charge in [-0.25, -0.2) is 4.89 Å². The largest absolute Gasteiger partial charge is 0.391 e. The lowest BCUT2D eigenvalue weighted by molar-refractivity contribution is -0.308. The third-order valence-corrected chi connectivity index (χ3v) is 3.23. The molecule has 0 amide bonds. The Morgan fingerprint density at radius 2 is 1.87 bits per heavy atom. The monoisotopic (exact) mass is 309 g/mol. The Bertz CT molecular complexity index is 851. The van der Waals surface area contributed by atoms with E-state index in [4.69, 9.17) is 4.84 Å². The van der Waals surface area contributed by atoms with Crippen molar-refractivity contribution in [2.75, 3.05) is 6.61 Å². The predicted molar refractivity (Wildman–Crippen MR) is 84.4 cm³/mol. The van der Waals surface area contributed by atoms with Gasteiger partial charge in [0.25, 0.3) is 0 Å². The maximum absolute atomic E-state index is 9.18. The molecule has 0 spiro atoms. The van der Waals surface area contributed by atoms with E-state index in [1.54, 1.807) is 6.92 Å². The van der Waals surface area contributed by atoms with Crippen LogP contribution in [0.2, 0.25) is 0 Å². The lowest BCUT2D eigenvalue weighted by Crippen LogP contribution is -2.36. The van der Waals surface area contributed by atoms with Crippen molar-refractivity contribution in [2.24, 2.45) is 0 Å². The quantitative estimate of drug-likeness (QED) is 0.454. The minimum Gasteiger partial charge on any atom is -0.391 e. The highest BCUT2D eigenvalue weighted by Gasteiger charge is 2.25. The Labute approximate surface area is 133 Å². The minimum atomic E-state index is -1.19. The Morgan fingerprint density at radius 1 is 1.13 bits per heavy atom. The van der Waals surface area contributed by atoms with Gasteiger partial charge in [0.1, 0.15) is 11.0 Å². The SMILES string of the molecule is CC(C#Cc1ccccc1)(COn1nnc2ccccc21)OO. The second kappa shape index (κ2) is 6.48. The summed E-state index contributed by atoms with van der Waals surface area (Å²) in [5.41, 5.74) is 1.07. The summed E-state index contributed by atoms with van der Waals surface area (Å²) in [7, 11) is 0. The van der Waals surface area contributed by atoms with Gasteiger partial charge in [-0.3, -0.25) is 5.26 Å². The topological polar surface area (TPSA) is 69.4 Å². The fourth-order valence-electron chi connectivity index (χ4n) is 1.94. The molecule has 0 radical (unpaired) electrons. The van der Waals surface area contributed by atoms with Crippen LogP contribution in [-0.4, -0.2) is 32.6 Å². The summed E-state index contributed by atoms with van der Waals surface area (Å²) in [4.78, 5) is 11.4. The molecular weight excluding hydrogens is 294 g/mol. The average molecular weight is 309 g/mol. The first-order chi connectivity index (χ1) is 11.2. The molecule has 0 aliphatic rings. The zero-order valence-corrected chi connectivity index (χ0v) is 12.5. The van der Waals surface area contributed by atoms with Crippen LogP contribution in [-0.2, 0) is 4.89 Å². The Hall–Kier alpha value is -2.88. The van der Waals surface area contributed by atoms with Gasteiger partial charge < -0.3 is 4.84 Å². The molecule has 1 unspecified atom stereocenters. The minimum absolute atomic E-state index is 0.0172. The van der Waals surface area contributed by atoms with Gasteiger partial charge in [0, 0.05) is 5.56 Å². The lowest BCUT2D eigenvalue weighted by atomic mass is 10.1. The molecule has 0 aliphatic carbocycles. The molecule has 1 N–H and O–H groups in total. The summed E-state index contributed by atoms with van der Waals surface area (Å²) >= 11 is 0. The van der Waals surface area contributed by atoms with Crippen LogP contribution in [0.15, 0.2) is 54.6 Å². The molecule has 0 saturated heterocycles. The van der Waals surface area contributed by atoms with Crippen molar-refractivity contribution in [2.45, 2.75) is 12.5 Å². The normalized spacial score (nSPS) is 13.1. The van der Waals surface area contributed by atoms with Gasteiger partial charge in [0.05, 0.1) is 0 Å². The standard InChI is InChI=1S/C17H15N3O3/c1-17(23-21,12-11-14-7-3-2-4-8-14)13-22-20-16-10-6-5-9-15(16)18-19-20/h2-10,21H,13H2,1H3. The van der Waals surface area contributed by atoms with E-state index in [2.05, 4.69) is 27.0 Å². The Morgan fingerprint density at radius 3 is 2.65 bits per heavy atom. The number of hydrogen-bond acceptors (Lipinski definition) is 5. The predicted octanol–water partition coefficient (Wildman–Crippen LogP) is 2.16. The van der Waals surface area contributed by atoms with Crippen LogP contribution in [0.25, 0.3) is 11.0 Å². The van der Waals surface area contributed by atoms with E-state index in [0.717, 1.165) is 16.6 Å². The molecule has 3 aromatic rings. The number of benzene rings is 2. The van der Waals surface area contributed by atoms with Crippen LogP contribution in [0.5, 0.6) is 0 Å². The molecule has 6 heteroatoms. The first-order valence-electron chi connectivity index (χ1n) is 7.05. The number of para-hydroxylation sites is 1. The van der Waals surface area contributed by atoms with Crippen molar-refractivity contribution in [3.05, 3.63) is 60.2 Å². The van der Waals surface area contributed by atoms with E-state index in [1.165, 1.54) is 4.85 Å². The number of fused-ring (bicyclic) bond motifs is 1. The highest BCUT2D eigenvalue weighted by Crippen LogP contribution is 2.11. The highest BCUT2D eigenvalue weighted by atomic mass is 17.1. The molecule has 116 valence electrons. The van der Waals surface area contributed by atoms with Crippen molar-refractivity contribution >= 4 is 11.0 Å². The van der Waals surface area contributed by atoms with Crippen LogP contribution in [0, 0.1) is 11.8 Å². The highest BCUT2D eigenvalue weighted by molar-refractivity contribution is 5.73. The van der Waals surface area contributed by atoms with Crippen LogP contribution in [0.4, 0.5) is 0 Å². The zero-order chi connectivity index (χ0) is 16.1. The van der Waals surface area contributed by atoms with Gasteiger partial charge in [-0.05, 0) is 36.4 Å². The van der Waals surface area contributed by atoms with Gasteiger partial charge >= 0.3 is 0 Å². The molecular formula is C17H15N3O3. The van der Waals surface area contributed by atoms with Crippen molar-refractivity contribution in [1.82, 2.24) is 15.2 Å². The van der Waals surface area contributed by atoms with E-state index in [1.807, 2.05) is 54.6 Å². The van der Waals surface area contributed by atoms with Crippen molar-refractivity contribution in [3.8, 4) is 11.8 Å². The maximum atomic E-state index is 9.18. The third-order valence-electron chi connectivity index (χ3n) is 3.23. The molecule has 0 saturated carbocycles. The van der Waals surface area contributed by atoms with Crippen LogP contribution in [0.1, 0.15) is 12.5 Å². The first-order valence-corrected chi connectivity index (χ1v) is 7.05. The molecule has 1 heterocycles. The Kier molecular flexibility index (Phi) is 4.24. The summed E-state index contributed by atoms with van der Waals surface area (Å²) in [6, 6.07) is 16.8. The van der Waals surface area contributed by atoms with Crippen LogP contribution < -0.4 is 4.84 Å². The fourth-order valence-corrected chi connectivity index (χ4v) is 1.94. The summed E-state index contributed by atoms with van der Waals surface area (Å²) in [5, 5.41) is 17.1. The molecule has 1 atom stereocenters. The zero-order valence-electron chi connectivity index (χ0n) is 12.5. The smallest absolute Gasteiger partial charge is 0.197 e. The molecule has 3 rings (SSSR count). The lowest BCUT2D eigenvalue weighted by Gasteiger charge is -2.19. The number of aromatic nitrogens is 3. The van der Waals surface area contributed by atoms with Gasteiger partial charge in [-0.15, -0.1) is 5.10 Å². The average Bonchev–Trinajstić information content (AvgIpc) is 3.02. The number of rotatable bonds is 4. The van der Waals surface area contributed by atoms with E-state index in [-0.39, 0.29) is 6.61 Å². The summed E-state index contributed by atoms with van der Waals surface area (Å²) in [6.07, 6.45) is 0. The van der Waals surface area contributed by atoms with Gasteiger partial charge in [-0.2, -0.15) is 0 Å². The van der Waals surface area contributed by atoms with E-state index in [0.29, 0.717) is 0 Å². The summed E-state index contributed by atoms with van der Waals surface area (Å²) in [5.74, 6) is 5.81. The van der Waals surface area contributed by atoms with E-state index in [9.17, 15) is 5.26 Å². The molecule has 23 heavy (non-hydrogen) atoms. The Balaban J connectivity index is 1.75. The van der Waals surface area contributed by atoms with Crippen molar-refractivity contribution in [3.63, 3.8) is 0 Å². The van der Waals surface area contributed by atoms with E-state index >= 15 is 0 Å². The van der Waals surface area contributed by atoms with E-state index < -0.39 is 5.60 Å². The summed E-state index contributed by atoms with van der Waals surface area (Å²) < 4.78 is 0. The van der Waals surface area contributed by atoms with Gasteiger partial charge in [-0.1, -0.05) is 47.0 Å². The first kappa shape index (κ1) is 15.0. The fraction of sp³-hybridized carbons (Fsp3) is 0.176.